The van der Waals surface area contributed by atoms with Gasteiger partial charge in [-0.05, 0) is 21.0 Å². The number of nitrogens with zero attached hydrogens (tertiary/aromatic N) is 5. The van der Waals surface area contributed by atoms with Crippen molar-refractivity contribution in [2.24, 2.45) is 0 Å². The quantitative estimate of drug-likeness (QED) is 0.586. The van der Waals surface area contributed by atoms with Crippen LogP contribution in [0.3, 0.4) is 0 Å². The first-order valence-electron chi connectivity index (χ1n) is 6.79. The second-order valence-electron chi connectivity index (χ2n) is 5.40. The van der Waals surface area contributed by atoms with Crippen molar-refractivity contribution in [2.75, 3.05) is 51.3 Å². The zero-order chi connectivity index (χ0) is 15.6. The first kappa shape index (κ1) is 15.4. The summed E-state index contributed by atoms with van der Waals surface area (Å²) in [7, 11) is 4.11. The highest BCUT2D eigenvalue weighted by molar-refractivity contribution is 5.60. The standard InChI is InChI=1S/C12H21N7O2/c1-8-10(19(20)21)11(16-12(13)15-8)14-6-9-7-17(2)4-5-18(9)3/h9H,4-7H2,1-3H3,(H3,13,14,15,16). The monoisotopic (exact) mass is 295 g/mol. The van der Waals surface area contributed by atoms with Gasteiger partial charge < -0.3 is 16.0 Å². The highest BCUT2D eigenvalue weighted by atomic mass is 16.6. The number of aromatic nitrogens is 2. The first-order chi connectivity index (χ1) is 9.88. The van der Waals surface area contributed by atoms with E-state index in [1.165, 1.54) is 0 Å². The number of piperazine rings is 1. The van der Waals surface area contributed by atoms with Crippen molar-refractivity contribution < 1.29 is 4.92 Å². The Kier molecular flexibility index (Phi) is 4.53. The van der Waals surface area contributed by atoms with Crippen molar-refractivity contribution in [3.05, 3.63) is 15.8 Å². The maximum Gasteiger partial charge on any atom is 0.332 e. The maximum absolute atomic E-state index is 11.1. The smallest absolute Gasteiger partial charge is 0.332 e. The molecular formula is C12H21N7O2. The number of anilines is 2. The molecule has 0 radical (unpaired) electrons. The van der Waals surface area contributed by atoms with Crippen molar-refractivity contribution in [2.45, 2.75) is 13.0 Å². The van der Waals surface area contributed by atoms with Gasteiger partial charge in [-0.3, -0.25) is 15.0 Å². The zero-order valence-electron chi connectivity index (χ0n) is 12.5. The fourth-order valence-electron chi connectivity index (χ4n) is 2.47. The largest absolute Gasteiger partial charge is 0.368 e. The summed E-state index contributed by atoms with van der Waals surface area (Å²) in [5, 5.41) is 14.2. The predicted octanol–water partition coefficient (Wildman–Crippen LogP) is -0.0669. The molecule has 1 aromatic heterocycles. The summed E-state index contributed by atoms with van der Waals surface area (Å²) in [6, 6.07) is 0.264. The fourth-order valence-corrected chi connectivity index (χ4v) is 2.47. The molecule has 0 aromatic carbocycles. The molecule has 1 aliphatic heterocycles. The van der Waals surface area contributed by atoms with E-state index in [1.54, 1.807) is 6.92 Å². The Morgan fingerprint density at radius 3 is 2.81 bits per heavy atom. The van der Waals surface area contributed by atoms with Crippen LogP contribution in [0, 0.1) is 17.0 Å². The van der Waals surface area contributed by atoms with E-state index < -0.39 is 4.92 Å². The third kappa shape index (κ3) is 3.56. The molecule has 2 heterocycles. The third-order valence-electron chi connectivity index (χ3n) is 3.74. The Labute approximate surface area is 123 Å². The molecule has 3 N–H and O–H groups in total. The molecular weight excluding hydrogens is 274 g/mol. The van der Waals surface area contributed by atoms with Crippen LogP contribution in [0.2, 0.25) is 0 Å². The van der Waals surface area contributed by atoms with Crippen molar-refractivity contribution in [1.82, 2.24) is 19.8 Å². The van der Waals surface area contributed by atoms with E-state index in [2.05, 4.69) is 32.1 Å². The predicted molar refractivity (Wildman–Crippen MR) is 80.2 cm³/mol. The van der Waals surface area contributed by atoms with E-state index in [9.17, 15) is 10.1 Å². The molecule has 1 saturated heterocycles. The lowest BCUT2D eigenvalue weighted by molar-refractivity contribution is -0.385. The van der Waals surface area contributed by atoms with Crippen LogP contribution in [0.25, 0.3) is 0 Å². The SMILES string of the molecule is Cc1nc(N)nc(NCC2CN(C)CCN2C)c1[N+](=O)[O-]. The van der Waals surface area contributed by atoms with Crippen molar-refractivity contribution in [3.8, 4) is 0 Å². The maximum atomic E-state index is 11.1. The minimum Gasteiger partial charge on any atom is -0.368 e. The molecule has 116 valence electrons. The average molecular weight is 295 g/mol. The molecule has 0 aliphatic carbocycles. The Morgan fingerprint density at radius 2 is 2.14 bits per heavy atom. The first-order valence-corrected chi connectivity index (χ1v) is 6.79. The molecule has 1 fully saturated rings. The Bertz CT molecular complexity index is 537. The van der Waals surface area contributed by atoms with Crippen LogP contribution >= 0.6 is 0 Å². The van der Waals surface area contributed by atoms with Crippen molar-refractivity contribution in [3.63, 3.8) is 0 Å². The van der Waals surface area contributed by atoms with Crippen LogP contribution in [0.1, 0.15) is 5.69 Å². The van der Waals surface area contributed by atoms with Gasteiger partial charge in [0, 0.05) is 32.2 Å². The Hall–Kier alpha value is -2.00. The van der Waals surface area contributed by atoms with Crippen LogP contribution in [0.15, 0.2) is 0 Å². The van der Waals surface area contributed by atoms with Gasteiger partial charge in [0.1, 0.15) is 5.69 Å². The minimum absolute atomic E-state index is 0.0368. The molecule has 1 atom stereocenters. The Balaban J connectivity index is 2.14. The molecule has 21 heavy (non-hydrogen) atoms. The van der Waals surface area contributed by atoms with Crippen LogP contribution in [-0.4, -0.2) is 71.0 Å². The normalized spacial score (nSPS) is 20.4. The van der Waals surface area contributed by atoms with Gasteiger partial charge in [-0.25, -0.2) is 4.98 Å². The molecule has 0 amide bonds. The number of nitrogen functional groups attached to an aromatic ring is 1. The minimum atomic E-state index is -0.478. The molecule has 0 spiro atoms. The highest BCUT2D eigenvalue weighted by Gasteiger charge is 2.25. The number of aryl methyl sites for hydroxylation is 1. The van der Waals surface area contributed by atoms with E-state index in [0.717, 1.165) is 19.6 Å². The summed E-state index contributed by atoms with van der Waals surface area (Å²) in [6.07, 6.45) is 0. The third-order valence-corrected chi connectivity index (χ3v) is 3.74. The van der Waals surface area contributed by atoms with Crippen LogP contribution in [-0.2, 0) is 0 Å². The van der Waals surface area contributed by atoms with Crippen LogP contribution in [0.5, 0.6) is 0 Å². The number of nitro groups is 1. The van der Waals surface area contributed by atoms with Gasteiger partial charge in [-0.2, -0.15) is 4.98 Å². The number of nitrogens with one attached hydrogen (secondary N) is 1. The molecule has 2 rings (SSSR count). The van der Waals surface area contributed by atoms with E-state index in [0.29, 0.717) is 6.54 Å². The summed E-state index contributed by atoms with van der Waals surface area (Å²) < 4.78 is 0. The number of rotatable bonds is 4. The lowest BCUT2D eigenvalue weighted by Gasteiger charge is -2.37. The molecule has 1 aliphatic rings. The number of hydrogen-bond donors (Lipinski definition) is 2. The summed E-state index contributed by atoms with van der Waals surface area (Å²) in [6.45, 7) is 5.01. The number of hydrogen-bond acceptors (Lipinski definition) is 8. The van der Waals surface area contributed by atoms with Crippen LogP contribution in [0.4, 0.5) is 17.5 Å². The summed E-state index contributed by atoms with van der Waals surface area (Å²) in [4.78, 5) is 22.9. The lowest BCUT2D eigenvalue weighted by atomic mass is 10.2. The van der Waals surface area contributed by atoms with Gasteiger partial charge in [0.25, 0.3) is 0 Å². The topological polar surface area (TPSA) is 113 Å². The molecule has 1 unspecified atom stereocenters. The highest BCUT2D eigenvalue weighted by Crippen LogP contribution is 2.25. The number of nitrogens with two attached hydrogens (primary N) is 1. The van der Waals surface area contributed by atoms with Gasteiger partial charge in [0.2, 0.25) is 11.8 Å². The second kappa shape index (κ2) is 6.19. The average Bonchev–Trinajstić information content (AvgIpc) is 2.38. The molecule has 0 bridgehead atoms. The second-order valence-corrected chi connectivity index (χ2v) is 5.40. The van der Waals surface area contributed by atoms with E-state index in [-0.39, 0.29) is 29.2 Å². The van der Waals surface area contributed by atoms with Gasteiger partial charge in [-0.15, -0.1) is 0 Å². The lowest BCUT2D eigenvalue weighted by Crippen LogP contribution is -2.52. The molecule has 9 heteroatoms. The van der Waals surface area contributed by atoms with Gasteiger partial charge in [-0.1, -0.05) is 0 Å². The Morgan fingerprint density at radius 1 is 1.43 bits per heavy atom. The van der Waals surface area contributed by atoms with Crippen LogP contribution < -0.4 is 11.1 Å². The molecule has 0 saturated carbocycles. The van der Waals surface area contributed by atoms with Gasteiger partial charge >= 0.3 is 5.69 Å². The van der Waals surface area contributed by atoms with Gasteiger partial charge in [0.15, 0.2) is 0 Å². The fraction of sp³-hybridized carbons (Fsp3) is 0.667. The molecule has 9 nitrogen and oxygen atoms in total. The van der Waals surface area contributed by atoms with E-state index in [4.69, 9.17) is 5.73 Å². The summed E-state index contributed by atoms with van der Waals surface area (Å²) >= 11 is 0. The summed E-state index contributed by atoms with van der Waals surface area (Å²) in [5.41, 5.74) is 5.74. The zero-order valence-corrected chi connectivity index (χ0v) is 12.5. The van der Waals surface area contributed by atoms with Crippen molar-refractivity contribution >= 4 is 17.5 Å². The summed E-state index contributed by atoms with van der Waals surface area (Å²) in [5.74, 6) is 0.223. The van der Waals surface area contributed by atoms with Gasteiger partial charge in [0.05, 0.1) is 4.92 Å². The van der Waals surface area contributed by atoms with E-state index >= 15 is 0 Å². The molecule has 1 aromatic rings. The number of likely N-dealkylation sites (N-methyl/N-ethyl adjacent to an activating group) is 2. The van der Waals surface area contributed by atoms with Crippen molar-refractivity contribution in [1.29, 1.82) is 0 Å². The van der Waals surface area contributed by atoms with E-state index in [1.807, 2.05) is 7.05 Å².